The van der Waals surface area contributed by atoms with Gasteiger partial charge < -0.3 is 5.11 Å². The summed E-state index contributed by atoms with van der Waals surface area (Å²) in [5.74, 6) is 0. The van der Waals surface area contributed by atoms with Gasteiger partial charge in [0.1, 0.15) is 0 Å². The second-order valence-corrected chi connectivity index (χ2v) is 5.05. The van der Waals surface area contributed by atoms with Crippen LogP contribution in [0.2, 0.25) is 5.02 Å². The molecule has 1 saturated heterocycles. The molecule has 0 unspecified atom stereocenters. The van der Waals surface area contributed by atoms with Gasteiger partial charge in [0.15, 0.2) is 0 Å². The van der Waals surface area contributed by atoms with E-state index in [-0.39, 0.29) is 6.61 Å². The van der Waals surface area contributed by atoms with Crippen LogP contribution in [-0.4, -0.2) is 29.2 Å². The summed E-state index contributed by atoms with van der Waals surface area (Å²) in [6.07, 6.45) is 2.30. The normalized spacial score (nSPS) is 23.1. The number of hydrogen-bond donors (Lipinski definition) is 1. The minimum Gasteiger partial charge on any atom is -0.395 e. The van der Waals surface area contributed by atoms with Gasteiger partial charge in [0.05, 0.1) is 11.6 Å². The van der Waals surface area contributed by atoms with E-state index in [4.69, 9.17) is 16.7 Å². The molecule has 1 aromatic rings. The number of likely N-dealkylation sites (tertiary alicyclic amines) is 1. The van der Waals surface area contributed by atoms with E-state index in [0.717, 1.165) is 24.5 Å². The summed E-state index contributed by atoms with van der Waals surface area (Å²) in [4.78, 5) is 3.53. The zero-order valence-corrected chi connectivity index (χ0v) is 9.52. The SMILES string of the molecule is OC[C@H]1CCCN1Cc1sccc1Cl. The molecule has 1 aliphatic rings. The topological polar surface area (TPSA) is 23.5 Å². The Labute approximate surface area is 93.1 Å². The fraction of sp³-hybridized carbons (Fsp3) is 0.600. The summed E-state index contributed by atoms with van der Waals surface area (Å²) in [6, 6.07) is 2.28. The molecule has 0 radical (unpaired) electrons. The van der Waals surface area contributed by atoms with E-state index in [2.05, 4.69) is 4.90 Å². The lowest BCUT2D eigenvalue weighted by Crippen LogP contribution is -2.31. The van der Waals surface area contributed by atoms with Crippen LogP contribution in [0.3, 0.4) is 0 Å². The van der Waals surface area contributed by atoms with Crippen molar-refractivity contribution in [3.8, 4) is 0 Å². The van der Waals surface area contributed by atoms with E-state index in [1.807, 2.05) is 11.4 Å². The molecule has 0 bridgehead atoms. The largest absolute Gasteiger partial charge is 0.395 e. The molecular formula is C10H14ClNOS. The fourth-order valence-electron chi connectivity index (χ4n) is 1.93. The van der Waals surface area contributed by atoms with Gasteiger partial charge in [0.2, 0.25) is 0 Å². The zero-order chi connectivity index (χ0) is 9.97. The van der Waals surface area contributed by atoms with Crippen LogP contribution < -0.4 is 0 Å². The first-order valence-corrected chi connectivity index (χ1v) is 6.14. The van der Waals surface area contributed by atoms with Crippen molar-refractivity contribution < 1.29 is 5.11 Å². The monoisotopic (exact) mass is 231 g/mol. The third-order valence-corrected chi connectivity index (χ3v) is 4.12. The quantitative estimate of drug-likeness (QED) is 0.864. The Bertz CT molecular complexity index is 302. The molecule has 14 heavy (non-hydrogen) atoms. The van der Waals surface area contributed by atoms with E-state index >= 15 is 0 Å². The van der Waals surface area contributed by atoms with Crippen LogP contribution in [0.4, 0.5) is 0 Å². The molecule has 0 aliphatic carbocycles. The first-order valence-electron chi connectivity index (χ1n) is 4.88. The lowest BCUT2D eigenvalue weighted by Gasteiger charge is -2.21. The highest BCUT2D eigenvalue weighted by atomic mass is 35.5. The van der Waals surface area contributed by atoms with Crippen molar-refractivity contribution in [2.45, 2.75) is 25.4 Å². The van der Waals surface area contributed by atoms with Crippen molar-refractivity contribution in [3.63, 3.8) is 0 Å². The number of aliphatic hydroxyl groups is 1. The molecule has 1 fully saturated rings. The minimum atomic E-state index is 0.267. The van der Waals surface area contributed by atoms with Gasteiger partial charge in [-0.05, 0) is 30.8 Å². The average molecular weight is 232 g/mol. The van der Waals surface area contributed by atoms with Crippen molar-refractivity contribution in [1.82, 2.24) is 4.90 Å². The van der Waals surface area contributed by atoms with Gasteiger partial charge in [0, 0.05) is 17.5 Å². The van der Waals surface area contributed by atoms with Crippen molar-refractivity contribution >= 4 is 22.9 Å². The summed E-state index contributed by atoms with van der Waals surface area (Å²) in [5, 5.41) is 12.0. The number of thiophene rings is 1. The highest BCUT2D eigenvalue weighted by molar-refractivity contribution is 7.10. The van der Waals surface area contributed by atoms with E-state index in [1.54, 1.807) is 11.3 Å². The van der Waals surface area contributed by atoms with Gasteiger partial charge in [-0.1, -0.05) is 11.6 Å². The molecule has 0 saturated carbocycles. The lowest BCUT2D eigenvalue weighted by atomic mass is 10.2. The molecule has 4 heteroatoms. The van der Waals surface area contributed by atoms with Crippen molar-refractivity contribution in [3.05, 3.63) is 21.3 Å². The Balaban J connectivity index is 2.00. The summed E-state index contributed by atoms with van der Waals surface area (Å²) in [6.45, 7) is 2.24. The van der Waals surface area contributed by atoms with Crippen molar-refractivity contribution in [2.24, 2.45) is 0 Å². The molecule has 1 aromatic heterocycles. The number of rotatable bonds is 3. The molecule has 0 aromatic carbocycles. The Morgan fingerprint density at radius 1 is 1.64 bits per heavy atom. The summed E-state index contributed by atoms with van der Waals surface area (Å²) in [5.41, 5.74) is 0. The van der Waals surface area contributed by atoms with E-state index in [9.17, 15) is 0 Å². The fourth-order valence-corrected chi connectivity index (χ4v) is 3.05. The third-order valence-electron chi connectivity index (χ3n) is 2.75. The molecule has 2 nitrogen and oxygen atoms in total. The third kappa shape index (κ3) is 2.11. The van der Waals surface area contributed by atoms with Crippen molar-refractivity contribution in [1.29, 1.82) is 0 Å². The van der Waals surface area contributed by atoms with Gasteiger partial charge in [-0.25, -0.2) is 0 Å². The summed E-state index contributed by atoms with van der Waals surface area (Å²) < 4.78 is 0. The summed E-state index contributed by atoms with van der Waals surface area (Å²) in [7, 11) is 0. The number of nitrogens with zero attached hydrogens (tertiary/aromatic N) is 1. The van der Waals surface area contributed by atoms with Crippen molar-refractivity contribution in [2.75, 3.05) is 13.2 Å². The maximum absolute atomic E-state index is 9.16. The Morgan fingerprint density at radius 2 is 2.50 bits per heavy atom. The van der Waals surface area contributed by atoms with Gasteiger partial charge in [-0.2, -0.15) is 0 Å². The van der Waals surface area contributed by atoms with E-state index < -0.39 is 0 Å². The maximum atomic E-state index is 9.16. The van der Waals surface area contributed by atoms with E-state index in [1.165, 1.54) is 11.3 Å². The second kappa shape index (κ2) is 4.62. The Kier molecular flexibility index (Phi) is 3.44. The zero-order valence-electron chi connectivity index (χ0n) is 7.95. The Hall–Kier alpha value is -0.0900. The minimum absolute atomic E-state index is 0.267. The highest BCUT2D eigenvalue weighted by Gasteiger charge is 2.24. The Morgan fingerprint density at radius 3 is 3.14 bits per heavy atom. The van der Waals surface area contributed by atoms with Crippen LogP contribution in [0.25, 0.3) is 0 Å². The maximum Gasteiger partial charge on any atom is 0.0587 e. The summed E-state index contributed by atoms with van der Waals surface area (Å²) >= 11 is 7.72. The van der Waals surface area contributed by atoms with Gasteiger partial charge >= 0.3 is 0 Å². The van der Waals surface area contributed by atoms with Crippen LogP contribution in [0.1, 0.15) is 17.7 Å². The number of aliphatic hydroxyl groups excluding tert-OH is 1. The van der Waals surface area contributed by atoms with Crippen LogP contribution in [0.5, 0.6) is 0 Å². The smallest absolute Gasteiger partial charge is 0.0587 e. The molecule has 0 spiro atoms. The standard InChI is InChI=1S/C10H14ClNOS/c11-9-3-5-14-10(9)6-12-4-1-2-8(12)7-13/h3,5,8,13H,1-2,4,6-7H2/t8-/m1/s1. The predicted molar refractivity (Wildman–Crippen MR) is 59.8 cm³/mol. The predicted octanol–water partition coefficient (Wildman–Crippen LogP) is 2.36. The molecule has 78 valence electrons. The average Bonchev–Trinajstić information content (AvgIpc) is 2.77. The molecular weight excluding hydrogens is 218 g/mol. The van der Waals surface area contributed by atoms with Crippen LogP contribution >= 0.6 is 22.9 Å². The lowest BCUT2D eigenvalue weighted by molar-refractivity contribution is 0.154. The van der Waals surface area contributed by atoms with Crippen LogP contribution in [0, 0.1) is 0 Å². The number of hydrogen-bond acceptors (Lipinski definition) is 3. The molecule has 1 atom stereocenters. The second-order valence-electron chi connectivity index (χ2n) is 3.64. The van der Waals surface area contributed by atoms with Crippen LogP contribution in [-0.2, 0) is 6.54 Å². The molecule has 0 amide bonds. The highest BCUT2D eigenvalue weighted by Crippen LogP contribution is 2.27. The molecule has 1 N–H and O–H groups in total. The van der Waals surface area contributed by atoms with E-state index in [0.29, 0.717) is 6.04 Å². The molecule has 1 aliphatic heterocycles. The first kappa shape index (κ1) is 10.4. The van der Waals surface area contributed by atoms with Crippen LogP contribution in [0.15, 0.2) is 11.4 Å². The van der Waals surface area contributed by atoms with Gasteiger partial charge in [0.25, 0.3) is 0 Å². The van der Waals surface area contributed by atoms with Gasteiger partial charge in [-0.3, -0.25) is 4.90 Å². The van der Waals surface area contributed by atoms with Gasteiger partial charge in [-0.15, -0.1) is 11.3 Å². The number of halogens is 1. The first-order chi connectivity index (χ1) is 6.81. The molecule has 2 rings (SSSR count). The molecule has 2 heterocycles.